The Morgan fingerprint density at radius 3 is 2.12 bits per heavy atom. The Kier molecular flexibility index (Phi) is 5.49. The van der Waals surface area contributed by atoms with Crippen LogP contribution in [0.25, 0.3) is 0 Å². The second-order valence-corrected chi connectivity index (χ2v) is 8.78. The first-order valence-corrected chi connectivity index (χ1v) is 11.1. The molecule has 1 unspecified atom stereocenters. The first-order valence-electron chi connectivity index (χ1n) is 9.01. The van der Waals surface area contributed by atoms with Crippen molar-refractivity contribution < 1.29 is 0 Å². The fourth-order valence-electron chi connectivity index (χ4n) is 3.26. The summed E-state index contributed by atoms with van der Waals surface area (Å²) in [5.74, 6) is 0. The van der Waals surface area contributed by atoms with Gasteiger partial charge in [0, 0.05) is 0 Å². The van der Waals surface area contributed by atoms with Crippen LogP contribution in [-0.2, 0) is 6.42 Å². The number of nitrogens with zero attached hydrogens (tertiary/aromatic N) is 2. The summed E-state index contributed by atoms with van der Waals surface area (Å²) < 4.78 is 1.46. The number of anilines is 1. The van der Waals surface area contributed by atoms with E-state index in [0.717, 1.165) is 12.8 Å². The van der Waals surface area contributed by atoms with Gasteiger partial charge in [0.05, 0.1) is 0 Å². The minimum atomic E-state index is 0.455. The third-order valence-electron chi connectivity index (χ3n) is 4.52. The van der Waals surface area contributed by atoms with E-state index in [4.69, 9.17) is 5.10 Å². The van der Waals surface area contributed by atoms with E-state index in [1.54, 1.807) is 0 Å². The molecule has 1 aliphatic heterocycles. The molecule has 0 bridgehead atoms. The molecule has 4 rings (SSSR count). The Morgan fingerprint density at radius 2 is 1.42 bits per heavy atom. The zero-order valence-electron chi connectivity index (χ0n) is 14.7. The van der Waals surface area contributed by atoms with E-state index in [1.165, 1.54) is 26.7 Å². The van der Waals surface area contributed by atoms with Crippen LogP contribution in [0.2, 0.25) is 5.32 Å². The van der Waals surface area contributed by atoms with Crippen LogP contribution in [0.15, 0.2) is 96.1 Å². The fraction of sp³-hybridized carbons (Fsp3) is 0.174. The van der Waals surface area contributed by atoms with Gasteiger partial charge in [0.25, 0.3) is 0 Å². The Morgan fingerprint density at radius 1 is 0.808 bits per heavy atom. The normalized spacial score (nSPS) is 16.5. The van der Waals surface area contributed by atoms with Crippen molar-refractivity contribution in [3.8, 4) is 0 Å². The second-order valence-electron chi connectivity index (χ2n) is 6.49. The van der Waals surface area contributed by atoms with Crippen LogP contribution in [0.1, 0.15) is 12.0 Å². The average Bonchev–Trinajstić information content (AvgIpc) is 3.11. The molecule has 3 aromatic rings. The summed E-state index contributed by atoms with van der Waals surface area (Å²) in [4.78, 5) is 0. The molecule has 1 heterocycles. The van der Waals surface area contributed by atoms with Crippen molar-refractivity contribution >= 4 is 30.8 Å². The molecule has 0 fully saturated rings. The first kappa shape index (κ1) is 17.1. The SMILES string of the molecule is c1ccc(CC2=NN(c3ccccc3)C(C[Se]c3ccccc3)C2)cc1. The summed E-state index contributed by atoms with van der Waals surface area (Å²) in [5, 5.41) is 8.43. The molecule has 3 aromatic carbocycles. The van der Waals surface area contributed by atoms with Crippen molar-refractivity contribution in [3.63, 3.8) is 0 Å². The van der Waals surface area contributed by atoms with E-state index in [9.17, 15) is 0 Å². The average molecular weight is 405 g/mol. The van der Waals surface area contributed by atoms with Crippen molar-refractivity contribution in [2.45, 2.75) is 24.2 Å². The third-order valence-corrected chi connectivity index (χ3v) is 6.95. The zero-order valence-corrected chi connectivity index (χ0v) is 16.4. The van der Waals surface area contributed by atoms with Crippen molar-refractivity contribution in [2.75, 3.05) is 5.01 Å². The second kappa shape index (κ2) is 8.35. The summed E-state index contributed by atoms with van der Waals surface area (Å²) in [6.45, 7) is 0. The van der Waals surface area contributed by atoms with E-state index < -0.39 is 0 Å². The van der Waals surface area contributed by atoms with Crippen molar-refractivity contribution in [2.24, 2.45) is 5.10 Å². The molecule has 0 N–H and O–H groups in total. The van der Waals surface area contributed by atoms with Crippen LogP contribution >= 0.6 is 0 Å². The quantitative estimate of drug-likeness (QED) is 0.558. The number of benzene rings is 3. The summed E-state index contributed by atoms with van der Waals surface area (Å²) in [7, 11) is 0. The van der Waals surface area contributed by atoms with Gasteiger partial charge in [-0.05, 0) is 0 Å². The van der Waals surface area contributed by atoms with Crippen LogP contribution in [0.5, 0.6) is 0 Å². The van der Waals surface area contributed by atoms with E-state index >= 15 is 0 Å². The van der Waals surface area contributed by atoms with Gasteiger partial charge in [0.1, 0.15) is 0 Å². The summed E-state index contributed by atoms with van der Waals surface area (Å²) in [6.07, 6.45) is 2.00. The molecular weight excluding hydrogens is 383 g/mol. The maximum absolute atomic E-state index is 5.01. The van der Waals surface area contributed by atoms with Crippen molar-refractivity contribution in [3.05, 3.63) is 96.6 Å². The van der Waals surface area contributed by atoms with Crippen LogP contribution in [-0.4, -0.2) is 26.7 Å². The van der Waals surface area contributed by atoms with Gasteiger partial charge in [-0.25, -0.2) is 0 Å². The molecule has 1 atom stereocenters. The summed E-state index contributed by atoms with van der Waals surface area (Å²) in [6, 6.07) is 32.6. The van der Waals surface area contributed by atoms with Crippen LogP contribution < -0.4 is 9.47 Å². The van der Waals surface area contributed by atoms with Gasteiger partial charge in [-0.1, -0.05) is 0 Å². The van der Waals surface area contributed by atoms with E-state index in [1.807, 2.05) is 0 Å². The number of hydrogen-bond donors (Lipinski definition) is 0. The van der Waals surface area contributed by atoms with Crippen molar-refractivity contribution in [1.29, 1.82) is 0 Å². The van der Waals surface area contributed by atoms with Crippen LogP contribution in [0, 0.1) is 0 Å². The van der Waals surface area contributed by atoms with Gasteiger partial charge >= 0.3 is 162 Å². The first-order chi connectivity index (χ1) is 12.9. The van der Waals surface area contributed by atoms with Gasteiger partial charge in [0.2, 0.25) is 0 Å². The Bertz CT molecular complexity index is 847. The predicted octanol–water partition coefficient (Wildman–Crippen LogP) is 4.31. The Balaban J connectivity index is 1.51. The monoisotopic (exact) mass is 406 g/mol. The summed E-state index contributed by atoms with van der Waals surface area (Å²) >= 11 is 0.469. The van der Waals surface area contributed by atoms with E-state index in [2.05, 4.69) is 96.0 Å². The molecule has 1 aliphatic rings. The predicted molar refractivity (Wildman–Crippen MR) is 112 cm³/mol. The number of hydrogen-bond acceptors (Lipinski definition) is 2. The molecular formula is C23H22N2Se. The molecule has 26 heavy (non-hydrogen) atoms. The van der Waals surface area contributed by atoms with Gasteiger partial charge in [-0.2, -0.15) is 0 Å². The third kappa shape index (κ3) is 4.24. The van der Waals surface area contributed by atoms with Gasteiger partial charge in [-0.3, -0.25) is 0 Å². The molecule has 0 aliphatic carbocycles. The number of para-hydroxylation sites is 1. The molecule has 0 aromatic heterocycles. The molecule has 130 valence electrons. The van der Waals surface area contributed by atoms with Gasteiger partial charge < -0.3 is 0 Å². The number of rotatable bonds is 6. The molecule has 3 heteroatoms. The molecule has 2 nitrogen and oxygen atoms in total. The van der Waals surface area contributed by atoms with E-state index in [0.29, 0.717) is 21.0 Å². The number of hydrazone groups is 1. The van der Waals surface area contributed by atoms with Gasteiger partial charge in [-0.15, -0.1) is 0 Å². The van der Waals surface area contributed by atoms with Crippen LogP contribution in [0.4, 0.5) is 5.69 Å². The molecule has 0 amide bonds. The molecule has 0 radical (unpaired) electrons. The summed E-state index contributed by atoms with van der Waals surface area (Å²) in [5.41, 5.74) is 3.83. The van der Waals surface area contributed by atoms with Crippen molar-refractivity contribution in [1.82, 2.24) is 0 Å². The minimum absolute atomic E-state index is 0.455. The standard InChI is InChI=1S/C23H22N2Se/c1-4-10-19(11-5-1)16-20-17-22(18-26-23-14-8-3-9-15-23)25(24-20)21-12-6-2-7-13-21/h1-15,22H,16-18H2. The maximum atomic E-state index is 5.01. The fourth-order valence-corrected chi connectivity index (χ4v) is 5.34. The zero-order chi connectivity index (χ0) is 17.6. The Hall–Kier alpha value is -2.35. The molecule has 0 saturated carbocycles. The van der Waals surface area contributed by atoms with Crippen LogP contribution in [0.3, 0.4) is 0 Å². The van der Waals surface area contributed by atoms with Gasteiger partial charge in [0.15, 0.2) is 0 Å². The topological polar surface area (TPSA) is 15.6 Å². The molecule has 0 spiro atoms. The van der Waals surface area contributed by atoms with E-state index in [-0.39, 0.29) is 0 Å². The Labute approximate surface area is 161 Å². The molecule has 0 saturated heterocycles.